The van der Waals surface area contributed by atoms with E-state index in [1.54, 1.807) is 30.3 Å². The van der Waals surface area contributed by atoms with Crippen molar-refractivity contribution in [3.63, 3.8) is 0 Å². The van der Waals surface area contributed by atoms with E-state index in [9.17, 15) is 19.5 Å². The van der Waals surface area contributed by atoms with Crippen LogP contribution in [0.1, 0.15) is 79.1 Å². The minimum absolute atomic E-state index is 0.0241. The van der Waals surface area contributed by atoms with Crippen LogP contribution in [0.5, 0.6) is 0 Å². The average Bonchev–Trinajstić information content (AvgIpc) is 3.08. The van der Waals surface area contributed by atoms with E-state index in [1.807, 2.05) is 27.7 Å². The van der Waals surface area contributed by atoms with Gasteiger partial charge >= 0.3 is 17.9 Å². The predicted octanol–water partition coefficient (Wildman–Crippen LogP) is 6.18. The van der Waals surface area contributed by atoms with Gasteiger partial charge in [-0.3, -0.25) is 9.59 Å². The Balaban J connectivity index is 1.96. The monoisotopic (exact) mass is 726 g/mol. The van der Waals surface area contributed by atoms with Crippen molar-refractivity contribution in [3.05, 3.63) is 69.7 Å². The summed E-state index contributed by atoms with van der Waals surface area (Å²) in [5, 5.41) is 14.1. The molecule has 51 heavy (non-hydrogen) atoms. The van der Waals surface area contributed by atoms with E-state index in [0.717, 1.165) is 23.7 Å². The van der Waals surface area contributed by atoms with Crippen LogP contribution in [0.3, 0.4) is 0 Å². The molecule has 0 bridgehead atoms. The first-order chi connectivity index (χ1) is 24.1. The average molecular weight is 727 g/mol. The van der Waals surface area contributed by atoms with E-state index in [0.29, 0.717) is 22.5 Å². The Morgan fingerprint density at radius 3 is 2.04 bits per heavy atom. The highest BCUT2D eigenvalue weighted by Crippen LogP contribution is 2.69. The minimum Gasteiger partial charge on any atom is -0.497 e. The maximum Gasteiger partial charge on any atom is 0.338 e. The molecule has 1 aliphatic heterocycles. The molecule has 1 heterocycles. The van der Waals surface area contributed by atoms with Crippen molar-refractivity contribution >= 4 is 26.2 Å². The second-order valence-electron chi connectivity index (χ2n) is 14.7. The molecule has 0 aromatic heterocycles. The Morgan fingerprint density at radius 1 is 0.941 bits per heavy atom. The van der Waals surface area contributed by atoms with Crippen LogP contribution in [-0.4, -0.2) is 87.8 Å². The smallest absolute Gasteiger partial charge is 0.338 e. The van der Waals surface area contributed by atoms with Gasteiger partial charge < -0.3 is 38.0 Å². The first-order valence-corrected chi connectivity index (χ1v) is 20.5. The summed E-state index contributed by atoms with van der Waals surface area (Å²) in [6.07, 6.45) is -3.64. The molecule has 1 N–H and O–H groups in total. The van der Waals surface area contributed by atoms with Gasteiger partial charge in [-0.15, -0.1) is 0 Å². The molecule has 1 aromatic carbocycles. The fourth-order valence-corrected chi connectivity index (χ4v) is 12.4. The summed E-state index contributed by atoms with van der Waals surface area (Å²) < 4.78 is 45.0. The zero-order chi connectivity index (χ0) is 37.7. The molecule has 11 nitrogen and oxygen atoms in total. The standard InChI is InChI=1S/C39H54O11Si/c1-12-51(13-2,14-3)50-27-20-28-38(21-46-28,49-25(8)41)34-33(48-36(42)26-18-16-15-17-19-26)32(45-11)30-31(44-10)23(6)29(22(4)5)35(47-24(7)40)39(30,43)37(27,34)9/h15-19,27-28,33-35,43H,12-14,20-21H2,1-11H3/t27-,28?,33+,34-,35+,37+,38-,39+/m0/s1. The SMILES string of the molecule is CC[Si](CC)(CC)O[C@H]1CC2OC[C@@]2(OC(C)=O)[C@H]2[C@H](OC(=O)c3ccccc3)C(OC)=C3C(OC)=C(C)C(=C(C)C)[C@@H](OC(C)=O)[C@@]3(O)[C@]12C. The molecule has 3 aliphatic carbocycles. The van der Waals surface area contributed by atoms with Crippen molar-refractivity contribution < 1.29 is 52.3 Å². The quantitative estimate of drug-likeness (QED) is 0.159. The van der Waals surface area contributed by atoms with Gasteiger partial charge in [-0.2, -0.15) is 0 Å². The lowest BCUT2D eigenvalue weighted by Crippen LogP contribution is -2.83. The normalized spacial score (nSPS) is 32.9. The van der Waals surface area contributed by atoms with Gasteiger partial charge in [-0.05, 0) is 56.6 Å². The van der Waals surface area contributed by atoms with Crippen LogP contribution < -0.4 is 0 Å². The lowest BCUT2D eigenvalue weighted by Gasteiger charge is -2.70. The largest absolute Gasteiger partial charge is 0.497 e. The summed E-state index contributed by atoms with van der Waals surface area (Å²) in [5.74, 6) is -2.42. The molecule has 0 radical (unpaired) electrons. The molecule has 1 saturated heterocycles. The number of methoxy groups -OCH3 is 2. The highest BCUT2D eigenvalue weighted by atomic mass is 28.4. The molecule has 5 rings (SSSR count). The fraction of sp³-hybridized carbons (Fsp3) is 0.615. The molecule has 8 atom stereocenters. The molecule has 1 aromatic rings. The van der Waals surface area contributed by atoms with Gasteiger partial charge in [0, 0.05) is 31.3 Å². The van der Waals surface area contributed by atoms with Crippen LogP contribution in [0.15, 0.2) is 64.1 Å². The number of esters is 3. The van der Waals surface area contributed by atoms with E-state index >= 15 is 0 Å². The molecule has 4 aliphatic rings. The number of fused-ring (bicyclic) bond motifs is 5. The van der Waals surface area contributed by atoms with E-state index in [-0.39, 0.29) is 24.4 Å². The van der Waals surface area contributed by atoms with Crippen molar-refractivity contribution in [3.8, 4) is 0 Å². The first kappa shape index (κ1) is 38.8. The third kappa shape index (κ3) is 5.77. The summed E-state index contributed by atoms with van der Waals surface area (Å²) in [7, 11) is 0.477. The predicted molar refractivity (Wildman–Crippen MR) is 191 cm³/mol. The number of carbonyl (C=O) groups is 3. The molecule has 1 unspecified atom stereocenters. The molecular weight excluding hydrogens is 673 g/mol. The van der Waals surface area contributed by atoms with Crippen LogP contribution in [0.2, 0.25) is 18.1 Å². The number of rotatable bonds is 11. The van der Waals surface area contributed by atoms with Gasteiger partial charge in [0.2, 0.25) is 0 Å². The van der Waals surface area contributed by atoms with Gasteiger partial charge in [-0.25, -0.2) is 4.79 Å². The second kappa shape index (κ2) is 14.2. The Labute approximate surface area is 302 Å². The van der Waals surface area contributed by atoms with Crippen LogP contribution >= 0.6 is 0 Å². The molecule has 280 valence electrons. The lowest BCUT2D eigenvalue weighted by molar-refractivity contribution is -0.358. The number of benzene rings is 1. The van der Waals surface area contributed by atoms with Crippen LogP contribution in [0.4, 0.5) is 0 Å². The van der Waals surface area contributed by atoms with Crippen LogP contribution in [0, 0.1) is 11.3 Å². The van der Waals surface area contributed by atoms with Crippen molar-refractivity contribution in [2.75, 3.05) is 20.8 Å². The van der Waals surface area contributed by atoms with Gasteiger partial charge in [-0.1, -0.05) is 51.5 Å². The Bertz CT molecular complexity index is 1630. The van der Waals surface area contributed by atoms with Crippen LogP contribution in [0.25, 0.3) is 0 Å². The van der Waals surface area contributed by atoms with E-state index in [2.05, 4.69) is 20.8 Å². The molecule has 0 spiro atoms. The zero-order valence-electron chi connectivity index (χ0n) is 31.8. The van der Waals surface area contributed by atoms with Crippen molar-refractivity contribution in [2.24, 2.45) is 11.3 Å². The Morgan fingerprint density at radius 2 is 1.57 bits per heavy atom. The third-order valence-electron chi connectivity index (χ3n) is 12.1. The van der Waals surface area contributed by atoms with E-state index in [4.69, 9.17) is 32.8 Å². The van der Waals surface area contributed by atoms with Crippen LogP contribution in [-0.2, 0) is 42.4 Å². The third-order valence-corrected chi connectivity index (χ3v) is 16.7. The van der Waals surface area contributed by atoms with Gasteiger partial charge in [0.05, 0.1) is 44.0 Å². The number of hydrogen-bond acceptors (Lipinski definition) is 11. The Hall–Kier alpha value is -3.45. The summed E-state index contributed by atoms with van der Waals surface area (Å²) in [4.78, 5) is 40.2. The highest BCUT2D eigenvalue weighted by Gasteiger charge is 2.81. The van der Waals surface area contributed by atoms with Crippen molar-refractivity contribution in [2.45, 2.75) is 122 Å². The second-order valence-corrected chi connectivity index (χ2v) is 19.4. The molecule has 12 heteroatoms. The van der Waals surface area contributed by atoms with Gasteiger partial charge in [0.1, 0.15) is 23.2 Å². The topological polar surface area (TPSA) is 136 Å². The first-order valence-electron chi connectivity index (χ1n) is 17.9. The summed E-state index contributed by atoms with van der Waals surface area (Å²) >= 11 is 0. The summed E-state index contributed by atoms with van der Waals surface area (Å²) in [5.41, 5.74) is -2.48. The molecule has 0 amide bonds. The molecular formula is C39H54O11Si. The van der Waals surface area contributed by atoms with E-state index < -0.39 is 73.2 Å². The zero-order valence-corrected chi connectivity index (χ0v) is 32.8. The van der Waals surface area contributed by atoms with Gasteiger partial charge in [0.15, 0.2) is 26.1 Å². The van der Waals surface area contributed by atoms with E-state index in [1.165, 1.54) is 28.1 Å². The fourth-order valence-electron chi connectivity index (χ4n) is 9.49. The van der Waals surface area contributed by atoms with Gasteiger partial charge in [0.25, 0.3) is 0 Å². The molecule has 2 fully saturated rings. The number of carbonyl (C=O) groups excluding carboxylic acids is 3. The number of aliphatic hydroxyl groups is 1. The number of allylic oxidation sites excluding steroid dienone is 1. The maximum atomic E-state index is 14.1. The molecule has 1 saturated carbocycles. The summed E-state index contributed by atoms with van der Waals surface area (Å²) in [6, 6.07) is 11.0. The number of hydrogen-bond donors (Lipinski definition) is 1. The minimum atomic E-state index is -2.46. The lowest BCUT2D eigenvalue weighted by atomic mass is 9.43. The maximum absolute atomic E-state index is 14.1. The highest BCUT2D eigenvalue weighted by molar-refractivity contribution is 6.73. The Kier molecular flexibility index (Phi) is 10.8. The summed E-state index contributed by atoms with van der Waals surface area (Å²) in [6.45, 7) is 16.5. The number of ether oxygens (including phenoxy) is 6. The van der Waals surface area contributed by atoms with Crippen molar-refractivity contribution in [1.82, 2.24) is 0 Å². The van der Waals surface area contributed by atoms with Crippen molar-refractivity contribution in [1.29, 1.82) is 0 Å².